The molecular weight excluding hydrogens is 551 g/mol. The quantitative estimate of drug-likeness (QED) is 0.562. The zero-order valence-electron chi connectivity index (χ0n) is 23.0. The minimum absolute atomic E-state index is 0.0550. The van der Waals surface area contributed by atoms with Crippen LogP contribution in [0.3, 0.4) is 0 Å². The summed E-state index contributed by atoms with van der Waals surface area (Å²) in [6, 6.07) is 14.5. The fourth-order valence-corrected chi connectivity index (χ4v) is 6.47. The van der Waals surface area contributed by atoms with E-state index >= 15 is 0 Å². The third-order valence-electron chi connectivity index (χ3n) is 8.55. The van der Waals surface area contributed by atoms with Gasteiger partial charge in [0.15, 0.2) is 0 Å². The summed E-state index contributed by atoms with van der Waals surface area (Å²) in [4.78, 5) is 55.9. The molecule has 3 aliphatic rings. The molecular formula is C30H30F3N5O4. The van der Waals surface area contributed by atoms with Crippen molar-refractivity contribution in [1.29, 1.82) is 5.26 Å². The van der Waals surface area contributed by atoms with E-state index in [-0.39, 0.29) is 25.4 Å². The number of fused-ring (bicyclic) bond motifs is 2. The van der Waals surface area contributed by atoms with Crippen LogP contribution in [0, 0.1) is 17.2 Å². The molecule has 0 bridgehead atoms. The van der Waals surface area contributed by atoms with E-state index in [4.69, 9.17) is 0 Å². The number of amides is 4. The van der Waals surface area contributed by atoms with Crippen molar-refractivity contribution in [3.63, 3.8) is 0 Å². The number of nitrogens with one attached hydrogen (secondary N) is 2. The summed E-state index contributed by atoms with van der Waals surface area (Å²) in [6.07, 6.45) is -4.79. The lowest BCUT2D eigenvalue weighted by atomic mass is 9.80. The highest BCUT2D eigenvalue weighted by atomic mass is 19.4. The van der Waals surface area contributed by atoms with Gasteiger partial charge in [0.25, 0.3) is 0 Å². The monoisotopic (exact) mass is 581 g/mol. The number of nitriles is 1. The van der Waals surface area contributed by atoms with Crippen LogP contribution in [-0.4, -0.2) is 70.8 Å². The lowest BCUT2D eigenvalue weighted by Gasteiger charge is -2.35. The topological polar surface area (TPSA) is 123 Å². The molecule has 2 aromatic carbocycles. The van der Waals surface area contributed by atoms with Crippen molar-refractivity contribution < 1.29 is 32.3 Å². The van der Waals surface area contributed by atoms with E-state index in [0.29, 0.717) is 17.7 Å². The minimum Gasteiger partial charge on any atom is -0.336 e. The van der Waals surface area contributed by atoms with Gasteiger partial charge in [-0.1, -0.05) is 62.4 Å². The number of para-hydroxylation sites is 1. The van der Waals surface area contributed by atoms with Crippen LogP contribution in [0.4, 0.5) is 18.9 Å². The van der Waals surface area contributed by atoms with Gasteiger partial charge < -0.3 is 20.4 Å². The Hall–Kier alpha value is -4.40. The Labute approximate surface area is 240 Å². The van der Waals surface area contributed by atoms with Crippen LogP contribution >= 0.6 is 0 Å². The summed E-state index contributed by atoms with van der Waals surface area (Å²) in [5.41, 5.74) is 0.884. The maximum absolute atomic E-state index is 14.4. The lowest BCUT2D eigenvalue weighted by Crippen LogP contribution is -2.58. The summed E-state index contributed by atoms with van der Waals surface area (Å²) in [5, 5.41) is 14.7. The average Bonchev–Trinajstić information content (AvgIpc) is 3.65. The first-order valence-electron chi connectivity index (χ1n) is 13.7. The van der Waals surface area contributed by atoms with Crippen molar-refractivity contribution in [2.75, 3.05) is 18.4 Å². The molecule has 0 saturated carbocycles. The van der Waals surface area contributed by atoms with Gasteiger partial charge in [0, 0.05) is 31.1 Å². The van der Waals surface area contributed by atoms with Gasteiger partial charge in [-0.2, -0.15) is 18.4 Å². The predicted molar refractivity (Wildman–Crippen MR) is 145 cm³/mol. The van der Waals surface area contributed by atoms with Crippen molar-refractivity contribution in [2.45, 2.75) is 62.3 Å². The molecule has 0 aromatic heterocycles. The summed E-state index contributed by atoms with van der Waals surface area (Å²) in [6.45, 7) is 2.98. The predicted octanol–water partition coefficient (Wildman–Crippen LogP) is 3.09. The van der Waals surface area contributed by atoms with Gasteiger partial charge in [-0.15, -0.1) is 0 Å². The molecule has 2 fully saturated rings. The summed E-state index contributed by atoms with van der Waals surface area (Å²) < 4.78 is 39.3. The zero-order valence-corrected chi connectivity index (χ0v) is 23.0. The van der Waals surface area contributed by atoms with Gasteiger partial charge in [0.1, 0.15) is 18.1 Å². The summed E-state index contributed by atoms with van der Waals surface area (Å²) in [5.74, 6) is -5.18. The number of likely N-dealkylation sites (tertiary alicyclic amines) is 2. The van der Waals surface area contributed by atoms with Crippen molar-refractivity contribution in [3.8, 4) is 6.07 Å². The first-order chi connectivity index (χ1) is 19.9. The average molecular weight is 582 g/mol. The van der Waals surface area contributed by atoms with E-state index in [2.05, 4.69) is 11.4 Å². The van der Waals surface area contributed by atoms with Crippen molar-refractivity contribution >= 4 is 29.3 Å². The first-order valence-corrected chi connectivity index (χ1v) is 13.7. The molecule has 1 spiro atoms. The molecule has 0 aliphatic carbocycles. The second-order valence-corrected chi connectivity index (χ2v) is 11.4. The number of alkyl halides is 3. The maximum atomic E-state index is 14.4. The van der Waals surface area contributed by atoms with Crippen LogP contribution in [0.5, 0.6) is 0 Å². The second-order valence-electron chi connectivity index (χ2n) is 11.4. The smallest absolute Gasteiger partial charge is 0.336 e. The molecule has 5 atom stereocenters. The Balaban J connectivity index is 1.51. The van der Waals surface area contributed by atoms with E-state index in [1.165, 1.54) is 23.6 Å². The molecule has 2 N–H and O–H groups in total. The largest absolute Gasteiger partial charge is 0.471 e. The first kappa shape index (κ1) is 29.1. The highest BCUT2D eigenvalue weighted by molar-refractivity contribution is 6.07. The number of halogens is 3. The molecule has 2 saturated heterocycles. The Morgan fingerprint density at radius 1 is 1.07 bits per heavy atom. The number of nitrogens with zero attached hydrogens (tertiary/aromatic N) is 3. The van der Waals surface area contributed by atoms with Crippen LogP contribution in [0.15, 0.2) is 54.6 Å². The van der Waals surface area contributed by atoms with Gasteiger partial charge in [-0.05, 0) is 29.5 Å². The fourth-order valence-electron chi connectivity index (χ4n) is 6.47. The second kappa shape index (κ2) is 10.8. The van der Waals surface area contributed by atoms with Crippen LogP contribution in [0.25, 0.3) is 0 Å². The molecule has 3 aliphatic heterocycles. The normalized spacial score (nSPS) is 25.7. The molecule has 5 rings (SSSR count). The van der Waals surface area contributed by atoms with Gasteiger partial charge in [-0.3, -0.25) is 19.2 Å². The van der Waals surface area contributed by atoms with Crippen LogP contribution in [-0.2, 0) is 24.6 Å². The molecule has 3 heterocycles. The Kier molecular flexibility index (Phi) is 7.47. The number of hydrogen-bond acceptors (Lipinski definition) is 5. The Morgan fingerprint density at radius 3 is 2.38 bits per heavy atom. The molecule has 0 radical (unpaired) electrons. The Morgan fingerprint density at radius 2 is 1.74 bits per heavy atom. The lowest BCUT2D eigenvalue weighted by molar-refractivity contribution is -0.175. The molecule has 2 aromatic rings. The fraction of sp³-hybridized carbons (Fsp3) is 0.433. The third kappa shape index (κ3) is 4.86. The van der Waals surface area contributed by atoms with Crippen molar-refractivity contribution in [1.82, 2.24) is 15.1 Å². The van der Waals surface area contributed by atoms with Crippen LogP contribution in [0.1, 0.15) is 43.7 Å². The van der Waals surface area contributed by atoms with Crippen LogP contribution < -0.4 is 10.6 Å². The van der Waals surface area contributed by atoms with Crippen molar-refractivity contribution in [3.05, 3.63) is 65.7 Å². The van der Waals surface area contributed by atoms with Crippen LogP contribution in [0.2, 0.25) is 0 Å². The van der Waals surface area contributed by atoms with E-state index in [1.54, 1.807) is 54.6 Å². The van der Waals surface area contributed by atoms with E-state index in [9.17, 15) is 37.6 Å². The number of rotatable bonds is 5. The maximum Gasteiger partial charge on any atom is 0.471 e. The minimum atomic E-state index is -5.19. The number of hydrogen-bond donors (Lipinski definition) is 2. The Bertz CT molecular complexity index is 1460. The molecule has 9 nitrogen and oxygen atoms in total. The van der Waals surface area contributed by atoms with E-state index < -0.39 is 59.3 Å². The molecule has 1 unspecified atom stereocenters. The third-order valence-corrected chi connectivity index (χ3v) is 8.55. The van der Waals surface area contributed by atoms with E-state index in [1.807, 2.05) is 5.32 Å². The molecule has 4 amide bonds. The standard InChI is InChI=1S/C30H30F3N5O4/c1-17(2)23(36-28(42)30(31,32)33)25(39)37-13-12-20(18-8-4-3-5-9-18)24(37)26(40)38-16-29(14-19(38)15-34)21-10-6-7-11-22(21)35-27(29)41/h3-11,17,19-20,23-24H,12-14,16H2,1-2H3,(H,35,41)(H,36,42)/t19-,20+,23?,24-,29-/m0/s1. The SMILES string of the molecule is CC(C)C(NC(=O)C(F)(F)F)C(=O)N1CC[C@H](c2ccccc2)[C@H]1C(=O)N1C[C@]2(C[C@H]1C#N)C(=O)Nc1ccccc12. The van der Waals surface area contributed by atoms with E-state index in [0.717, 1.165) is 5.56 Å². The molecule has 12 heteroatoms. The van der Waals surface area contributed by atoms with Gasteiger partial charge in [0.2, 0.25) is 17.7 Å². The summed E-state index contributed by atoms with van der Waals surface area (Å²) in [7, 11) is 0. The molecule has 42 heavy (non-hydrogen) atoms. The zero-order chi connectivity index (χ0) is 30.4. The highest BCUT2D eigenvalue weighted by Crippen LogP contribution is 2.47. The highest BCUT2D eigenvalue weighted by Gasteiger charge is 2.58. The molecule has 220 valence electrons. The van der Waals surface area contributed by atoms with Gasteiger partial charge in [-0.25, -0.2) is 0 Å². The number of carbonyl (C=O) groups excluding carboxylic acids is 4. The number of carbonyl (C=O) groups is 4. The van der Waals surface area contributed by atoms with Gasteiger partial charge >= 0.3 is 12.1 Å². The number of benzene rings is 2. The van der Waals surface area contributed by atoms with Crippen molar-refractivity contribution in [2.24, 2.45) is 5.92 Å². The number of anilines is 1. The van der Waals surface area contributed by atoms with Gasteiger partial charge in [0.05, 0.1) is 11.5 Å². The summed E-state index contributed by atoms with van der Waals surface area (Å²) >= 11 is 0.